The molecule has 0 atom stereocenters. The predicted octanol–water partition coefficient (Wildman–Crippen LogP) is 5.49. The molecule has 1 nitrogen and oxygen atoms in total. The number of aryl methyl sites for hydroxylation is 1. The van der Waals surface area contributed by atoms with Crippen LogP contribution in [0.4, 0.5) is 0 Å². The standard InChI is InChI=1S/C19H28O/c1-2-3-4-5-16-6-8-17(9-7-16)10-11-18-12-14-19(20)15-13-18/h4-5,12-17,20H,2-3,6-11H2,1H3/b5-4+. The molecular formula is C19H28O. The van der Waals surface area contributed by atoms with E-state index in [0.717, 1.165) is 18.3 Å². The van der Waals surface area contributed by atoms with Crippen molar-refractivity contribution in [3.8, 4) is 5.75 Å². The second-order valence-electron chi connectivity index (χ2n) is 6.20. The number of hydrogen-bond donors (Lipinski definition) is 1. The van der Waals surface area contributed by atoms with Gasteiger partial charge in [0.05, 0.1) is 0 Å². The van der Waals surface area contributed by atoms with Crippen LogP contribution in [-0.4, -0.2) is 5.11 Å². The normalized spacial score (nSPS) is 23.2. The summed E-state index contributed by atoms with van der Waals surface area (Å²) in [5.74, 6) is 2.11. The van der Waals surface area contributed by atoms with Crippen molar-refractivity contribution in [3.63, 3.8) is 0 Å². The molecule has 0 bridgehead atoms. The molecule has 110 valence electrons. The van der Waals surface area contributed by atoms with Gasteiger partial charge in [0, 0.05) is 0 Å². The average molecular weight is 272 g/mol. The first-order valence-corrected chi connectivity index (χ1v) is 8.22. The zero-order valence-corrected chi connectivity index (χ0v) is 12.7. The Labute approximate surface area is 123 Å². The molecule has 1 heteroatoms. The highest BCUT2D eigenvalue weighted by Crippen LogP contribution is 2.32. The van der Waals surface area contributed by atoms with E-state index in [1.807, 2.05) is 0 Å². The van der Waals surface area contributed by atoms with Crippen LogP contribution in [-0.2, 0) is 6.42 Å². The number of allylic oxidation sites excluding steroid dienone is 2. The quantitative estimate of drug-likeness (QED) is 0.679. The van der Waals surface area contributed by atoms with Gasteiger partial charge < -0.3 is 5.11 Å². The van der Waals surface area contributed by atoms with Crippen molar-refractivity contribution in [1.82, 2.24) is 0 Å². The summed E-state index contributed by atoms with van der Waals surface area (Å²) in [6, 6.07) is 7.69. The minimum absolute atomic E-state index is 0.369. The first-order valence-electron chi connectivity index (χ1n) is 8.22. The molecule has 0 aromatic heterocycles. The molecule has 1 aromatic carbocycles. The third-order valence-corrected chi connectivity index (χ3v) is 4.53. The molecule has 0 aliphatic heterocycles. The summed E-state index contributed by atoms with van der Waals surface area (Å²) in [7, 11) is 0. The molecule has 1 aromatic rings. The first kappa shape index (κ1) is 15.2. The van der Waals surface area contributed by atoms with Crippen LogP contribution >= 0.6 is 0 Å². The summed E-state index contributed by atoms with van der Waals surface area (Å²) in [5.41, 5.74) is 1.35. The lowest BCUT2D eigenvalue weighted by atomic mass is 9.79. The zero-order valence-electron chi connectivity index (χ0n) is 12.7. The molecule has 0 saturated heterocycles. The molecule has 1 saturated carbocycles. The second-order valence-corrected chi connectivity index (χ2v) is 6.20. The van der Waals surface area contributed by atoms with Crippen LogP contribution in [0.5, 0.6) is 5.75 Å². The highest BCUT2D eigenvalue weighted by molar-refractivity contribution is 5.25. The van der Waals surface area contributed by atoms with Crippen molar-refractivity contribution in [2.75, 3.05) is 0 Å². The van der Waals surface area contributed by atoms with Crippen molar-refractivity contribution >= 4 is 0 Å². The first-order chi connectivity index (χ1) is 9.78. The lowest BCUT2D eigenvalue weighted by Gasteiger charge is -2.26. The third-order valence-electron chi connectivity index (χ3n) is 4.53. The van der Waals surface area contributed by atoms with E-state index in [9.17, 15) is 5.11 Å². The Kier molecular flexibility index (Phi) is 6.17. The van der Waals surface area contributed by atoms with Gasteiger partial charge >= 0.3 is 0 Å². The molecule has 0 radical (unpaired) electrons. The highest BCUT2D eigenvalue weighted by atomic mass is 16.3. The minimum Gasteiger partial charge on any atom is -0.508 e. The van der Waals surface area contributed by atoms with Crippen molar-refractivity contribution in [3.05, 3.63) is 42.0 Å². The molecule has 0 unspecified atom stereocenters. The van der Waals surface area contributed by atoms with Crippen LogP contribution in [0.25, 0.3) is 0 Å². The summed E-state index contributed by atoms with van der Waals surface area (Å²) in [4.78, 5) is 0. The van der Waals surface area contributed by atoms with Gasteiger partial charge in [0.25, 0.3) is 0 Å². The molecule has 1 fully saturated rings. The lowest BCUT2D eigenvalue weighted by molar-refractivity contribution is 0.296. The van der Waals surface area contributed by atoms with Gasteiger partial charge in [0.15, 0.2) is 0 Å². The van der Waals surface area contributed by atoms with Crippen LogP contribution < -0.4 is 0 Å². The van der Waals surface area contributed by atoms with Gasteiger partial charge in [0.2, 0.25) is 0 Å². The van der Waals surface area contributed by atoms with E-state index >= 15 is 0 Å². The number of phenolic OH excluding ortho intramolecular Hbond substituents is 1. The molecule has 2 rings (SSSR count). The number of phenols is 1. The molecule has 1 N–H and O–H groups in total. The maximum absolute atomic E-state index is 9.29. The maximum Gasteiger partial charge on any atom is 0.115 e. The third kappa shape index (κ3) is 5.03. The summed E-state index contributed by atoms with van der Waals surface area (Å²) in [6.45, 7) is 2.24. The Hall–Kier alpha value is -1.24. The Balaban J connectivity index is 1.68. The van der Waals surface area contributed by atoms with Gasteiger partial charge in [-0.05, 0) is 74.5 Å². The van der Waals surface area contributed by atoms with E-state index in [4.69, 9.17) is 0 Å². The molecule has 0 spiro atoms. The summed E-state index contributed by atoms with van der Waals surface area (Å²) >= 11 is 0. The van der Waals surface area contributed by atoms with Gasteiger partial charge in [-0.3, -0.25) is 0 Å². The topological polar surface area (TPSA) is 20.2 Å². The van der Waals surface area contributed by atoms with Crippen LogP contribution in [0.1, 0.15) is 57.4 Å². The number of unbranched alkanes of at least 4 members (excludes halogenated alkanes) is 1. The van der Waals surface area contributed by atoms with Crippen LogP contribution in [0.2, 0.25) is 0 Å². The zero-order chi connectivity index (χ0) is 14.2. The van der Waals surface area contributed by atoms with Crippen LogP contribution in [0.3, 0.4) is 0 Å². The molecule has 1 aliphatic rings. The van der Waals surface area contributed by atoms with E-state index in [0.29, 0.717) is 5.75 Å². The van der Waals surface area contributed by atoms with E-state index < -0.39 is 0 Å². The summed E-state index contributed by atoms with van der Waals surface area (Å²) < 4.78 is 0. The van der Waals surface area contributed by atoms with Crippen molar-refractivity contribution in [2.24, 2.45) is 11.8 Å². The SMILES string of the molecule is CCC/C=C/C1CCC(CCc2ccc(O)cc2)CC1. The van der Waals surface area contributed by atoms with Gasteiger partial charge in [-0.2, -0.15) is 0 Å². The van der Waals surface area contributed by atoms with E-state index in [1.54, 1.807) is 12.1 Å². The van der Waals surface area contributed by atoms with E-state index in [-0.39, 0.29) is 0 Å². The van der Waals surface area contributed by atoms with Gasteiger partial charge in [0.1, 0.15) is 5.75 Å². The van der Waals surface area contributed by atoms with Gasteiger partial charge in [-0.25, -0.2) is 0 Å². The van der Waals surface area contributed by atoms with Crippen LogP contribution in [0.15, 0.2) is 36.4 Å². The largest absolute Gasteiger partial charge is 0.508 e. The Bertz CT molecular complexity index is 396. The average Bonchev–Trinajstić information content (AvgIpc) is 2.48. The number of aromatic hydroxyl groups is 1. The van der Waals surface area contributed by atoms with Crippen molar-refractivity contribution in [1.29, 1.82) is 0 Å². The minimum atomic E-state index is 0.369. The van der Waals surface area contributed by atoms with Crippen molar-refractivity contribution in [2.45, 2.75) is 58.3 Å². The Morgan fingerprint density at radius 3 is 2.45 bits per heavy atom. The molecular weight excluding hydrogens is 244 g/mol. The Morgan fingerprint density at radius 1 is 1.10 bits per heavy atom. The van der Waals surface area contributed by atoms with Gasteiger partial charge in [-0.1, -0.05) is 37.6 Å². The molecule has 0 amide bonds. The number of rotatable bonds is 6. The predicted molar refractivity (Wildman–Crippen MR) is 85.9 cm³/mol. The number of hydrogen-bond acceptors (Lipinski definition) is 1. The molecule has 20 heavy (non-hydrogen) atoms. The van der Waals surface area contributed by atoms with Gasteiger partial charge in [-0.15, -0.1) is 0 Å². The summed E-state index contributed by atoms with van der Waals surface area (Å²) in [5, 5.41) is 9.29. The maximum atomic E-state index is 9.29. The molecule has 1 aliphatic carbocycles. The van der Waals surface area contributed by atoms with Crippen molar-refractivity contribution < 1.29 is 5.11 Å². The smallest absolute Gasteiger partial charge is 0.115 e. The fourth-order valence-corrected chi connectivity index (χ4v) is 3.16. The second kappa shape index (κ2) is 8.14. The van der Waals surface area contributed by atoms with E-state index in [1.165, 1.54) is 50.5 Å². The Morgan fingerprint density at radius 2 is 1.80 bits per heavy atom. The summed E-state index contributed by atoms with van der Waals surface area (Å²) in [6.07, 6.45) is 15.3. The lowest BCUT2D eigenvalue weighted by Crippen LogP contribution is -2.13. The fraction of sp³-hybridized carbons (Fsp3) is 0.579. The fourth-order valence-electron chi connectivity index (χ4n) is 3.16. The van der Waals surface area contributed by atoms with Crippen LogP contribution in [0, 0.1) is 11.8 Å². The monoisotopic (exact) mass is 272 g/mol. The molecule has 0 heterocycles. The van der Waals surface area contributed by atoms with E-state index in [2.05, 4.69) is 31.2 Å². The number of benzene rings is 1. The highest BCUT2D eigenvalue weighted by Gasteiger charge is 2.19.